The molecular formula is C22H24FN3O3S. The number of hydrogen-bond donors (Lipinski definition) is 1. The minimum absolute atomic E-state index is 0.0105. The van der Waals surface area contributed by atoms with E-state index in [1.165, 1.54) is 30.3 Å². The summed E-state index contributed by atoms with van der Waals surface area (Å²) in [5.41, 5.74) is 1.10. The molecule has 0 unspecified atom stereocenters. The summed E-state index contributed by atoms with van der Waals surface area (Å²) < 4.78 is 40.5. The van der Waals surface area contributed by atoms with Crippen LogP contribution < -0.4 is 5.32 Å². The number of amides is 1. The fourth-order valence-electron chi connectivity index (χ4n) is 2.87. The lowest BCUT2D eigenvalue weighted by molar-refractivity contribution is -0.120. The molecule has 158 valence electrons. The molecule has 0 spiro atoms. The molecule has 3 rings (SSSR count). The minimum Gasteiger partial charge on any atom is -0.350 e. The zero-order chi connectivity index (χ0) is 21.9. The van der Waals surface area contributed by atoms with Crippen LogP contribution in [0.5, 0.6) is 0 Å². The number of hydrogen-bond acceptors (Lipinski definition) is 4. The van der Waals surface area contributed by atoms with Gasteiger partial charge in [0.05, 0.1) is 29.2 Å². The van der Waals surface area contributed by atoms with Crippen molar-refractivity contribution >= 4 is 15.9 Å². The van der Waals surface area contributed by atoms with Gasteiger partial charge in [-0.2, -0.15) is 17.6 Å². The third-order valence-corrected chi connectivity index (χ3v) is 6.14. The first-order valence-corrected chi connectivity index (χ1v) is 10.9. The largest absolute Gasteiger partial charge is 0.350 e. The summed E-state index contributed by atoms with van der Waals surface area (Å²) in [6, 6.07) is 15.5. The molecule has 0 radical (unpaired) electrons. The number of aromatic nitrogens is 2. The molecule has 6 nitrogen and oxygen atoms in total. The molecular weight excluding hydrogens is 405 g/mol. The Hall–Kier alpha value is -3.00. The van der Waals surface area contributed by atoms with Crippen LogP contribution in [0.2, 0.25) is 0 Å². The van der Waals surface area contributed by atoms with E-state index < -0.39 is 15.8 Å². The number of rotatable bonds is 6. The Bertz CT molecular complexity index is 1150. The van der Waals surface area contributed by atoms with Gasteiger partial charge in [-0.05, 0) is 35.9 Å². The Balaban J connectivity index is 1.86. The zero-order valence-electron chi connectivity index (χ0n) is 17.1. The fraction of sp³-hybridized carbons (Fsp3) is 0.273. The second-order valence-electron chi connectivity index (χ2n) is 8.02. The van der Waals surface area contributed by atoms with Crippen molar-refractivity contribution < 1.29 is 17.6 Å². The minimum atomic E-state index is -3.92. The van der Waals surface area contributed by atoms with Crippen LogP contribution >= 0.6 is 0 Å². The number of benzene rings is 2. The average Bonchev–Trinajstić information content (AvgIpc) is 3.13. The van der Waals surface area contributed by atoms with E-state index in [0.717, 1.165) is 4.09 Å². The molecule has 1 N–H and O–H groups in total. The maximum Gasteiger partial charge on any atom is 0.283 e. The molecule has 3 aromatic rings. The summed E-state index contributed by atoms with van der Waals surface area (Å²) in [4.78, 5) is 12.4. The van der Waals surface area contributed by atoms with Gasteiger partial charge >= 0.3 is 0 Å². The van der Waals surface area contributed by atoms with Gasteiger partial charge < -0.3 is 5.32 Å². The van der Waals surface area contributed by atoms with Crippen molar-refractivity contribution in [2.24, 2.45) is 0 Å². The summed E-state index contributed by atoms with van der Waals surface area (Å²) in [5, 5.41) is 7.04. The fourth-order valence-corrected chi connectivity index (χ4v) is 4.20. The summed E-state index contributed by atoms with van der Waals surface area (Å²) in [6.07, 6.45) is -0.0105. The quantitative estimate of drug-likeness (QED) is 0.651. The van der Waals surface area contributed by atoms with Gasteiger partial charge in [0.1, 0.15) is 5.82 Å². The van der Waals surface area contributed by atoms with E-state index in [1.54, 1.807) is 30.3 Å². The Morgan fingerprint density at radius 1 is 1.07 bits per heavy atom. The zero-order valence-corrected chi connectivity index (χ0v) is 17.9. The van der Waals surface area contributed by atoms with Gasteiger partial charge in [-0.15, -0.1) is 0 Å². The van der Waals surface area contributed by atoms with E-state index in [1.807, 2.05) is 20.8 Å². The maximum absolute atomic E-state index is 13.3. The highest BCUT2D eigenvalue weighted by Gasteiger charge is 2.26. The molecule has 0 aliphatic heterocycles. The monoisotopic (exact) mass is 429 g/mol. The molecule has 0 bridgehead atoms. The number of carbonyl (C=O) groups is 1. The van der Waals surface area contributed by atoms with E-state index >= 15 is 0 Å². The highest BCUT2D eigenvalue weighted by molar-refractivity contribution is 7.89. The molecule has 0 saturated carbocycles. The molecule has 1 aromatic heterocycles. The van der Waals surface area contributed by atoms with Gasteiger partial charge in [0, 0.05) is 5.41 Å². The summed E-state index contributed by atoms with van der Waals surface area (Å²) in [5.74, 6) is -0.759. The first-order valence-electron chi connectivity index (χ1n) is 9.48. The number of nitrogens with zero attached hydrogens (tertiary/aromatic N) is 2. The van der Waals surface area contributed by atoms with Crippen molar-refractivity contribution in [3.8, 4) is 0 Å². The predicted octanol–water partition coefficient (Wildman–Crippen LogP) is 3.42. The van der Waals surface area contributed by atoms with Crippen molar-refractivity contribution in [2.45, 2.75) is 44.0 Å². The van der Waals surface area contributed by atoms with Gasteiger partial charge in [0.2, 0.25) is 5.91 Å². The van der Waals surface area contributed by atoms with Crippen LogP contribution in [-0.2, 0) is 33.2 Å². The van der Waals surface area contributed by atoms with Gasteiger partial charge in [-0.1, -0.05) is 51.1 Å². The van der Waals surface area contributed by atoms with Crippen molar-refractivity contribution in [3.05, 3.63) is 83.4 Å². The van der Waals surface area contributed by atoms with E-state index in [0.29, 0.717) is 17.0 Å². The van der Waals surface area contributed by atoms with Crippen LogP contribution in [0.15, 0.2) is 65.6 Å². The van der Waals surface area contributed by atoms with Crippen LogP contribution in [0.3, 0.4) is 0 Å². The average molecular weight is 430 g/mol. The third kappa shape index (κ3) is 4.94. The molecule has 0 saturated heterocycles. The molecule has 0 aliphatic rings. The first kappa shape index (κ1) is 21.7. The number of halogens is 1. The lowest BCUT2D eigenvalue weighted by Gasteiger charge is -2.14. The molecule has 2 aromatic carbocycles. The summed E-state index contributed by atoms with van der Waals surface area (Å²) >= 11 is 0. The van der Waals surface area contributed by atoms with E-state index in [2.05, 4.69) is 10.4 Å². The Labute approximate surface area is 175 Å². The number of nitrogens with one attached hydrogen (secondary N) is 1. The molecule has 0 fully saturated rings. The Morgan fingerprint density at radius 2 is 1.77 bits per heavy atom. The summed E-state index contributed by atoms with van der Waals surface area (Å²) in [7, 11) is -3.92. The van der Waals surface area contributed by atoms with Crippen molar-refractivity contribution in [2.75, 3.05) is 0 Å². The van der Waals surface area contributed by atoms with Crippen molar-refractivity contribution in [3.63, 3.8) is 0 Å². The predicted molar refractivity (Wildman–Crippen MR) is 112 cm³/mol. The van der Waals surface area contributed by atoms with Crippen molar-refractivity contribution in [1.82, 2.24) is 14.5 Å². The lowest BCUT2D eigenvalue weighted by atomic mass is 9.92. The van der Waals surface area contributed by atoms with Crippen LogP contribution in [0.1, 0.15) is 37.7 Å². The van der Waals surface area contributed by atoms with Crippen LogP contribution in [0, 0.1) is 5.82 Å². The van der Waals surface area contributed by atoms with Gasteiger partial charge in [-0.3, -0.25) is 4.79 Å². The molecule has 1 amide bonds. The van der Waals surface area contributed by atoms with Crippen molar-refractivity contribution in [1.29, 1.82) is 0 Å². The second-order valence-corrected chi connectivity index (χ2v) is 9.78. The highest BCUT2D eigenvalue weighted by atomic mass is 32.2. The SMILES string of the molecule is CC(C)(C)c1cc(CNC(=O)Cc2cccc(F)c2)n(S(=O)(=O)c2ccccc2)n1. The maximum atomic E-state index is 13.3. The van der Waals surface area contributed by atoms with Crippen LogP contribution in [0.25, 0.3) is 0 Å². The van der Waals surface area contributed by atoms with Crippen LogP contribution in [0.4, 0.5) is 4.39 Å². The van der Waals surface area contributed by atoms with Gasteiger partial charge in [0.15, 0.2) is 0 Å². The smallest absolute Gasteiger partial charge is 0.283 e. The normalized spacial score (nSPS) is 12.0. The second kappa shape index (κ2) is 8.39. The molecule has 0 atom stereocenters. The van der Waals surface area contributed by atoms with Gasteiger partial charge in [0.25, 0.3) is 10.0 Å². The topological polar surface area (TPSA) is 81.1 Å². The van der Waals surface area contributed by atoms with Gasteiger partial charge in [-0.25, -0.2) is 4.39 Å². The van der Waals surface area contributed by atoms with E-state index in [9.17, 15) is 17.6 Å². The lowest BCUT2D eigenvalue weighted by Crippen LogP contribution is -2.27. The molecule has 1 heterocycles. The van der Waals surface area contributed by atoms with E-state index in [-0.39, 0.29) is 29.2 Å². The molecule has 30 heavy (non-hydrogen) atoms. The molecule has 8 heteroatoms. The third-order valence-electron chi connectivity index (χ3n) is 4.51. The first-order chi connectivity index (χ1) is 14.1. The standard InChI is InChI=1S/C22H24FN3O3S/c1-22(2,3)20-14-18(15-24-21(27)13-16-8-7-9-17(23)12-16)26(25-20)30(28,29)19-10-5-4-6-11-19/h4-12,14H,13,15H2,1-3H3,(H,24,27). The summed E-state index contributed by atoms with van der Waals surface area (Å²) in [6.45, 7) is 5.77. The number of carbonyl (C=O) groups excluding carboxylic acids is 1. The Kier molecular flexibility index (Phi) is 6.07. The van der Waals surface area contributed by atoms with Crippen LogP contribution in [-0.4, -0.2) is 23.5 Å². The van der Waals surface area contributed by atoms with E-state index in [4.69, 9.17) is 0 Å². The molecule has 0 aliphatic carbocycles. The Morgan fingerprint density at radius 3 is 2.40 bits per heavy atom. The highest BCUT2D eigenvalue weighted by Crippen LogP contribution is 2.24.